The minimum atomic E-state index is 0.682. The van der Waals surface area contributed by atoms with Crippen molar-refractivity contribution in [1.29, 1.82) is 0 Å². The average molecular weight is 245 g/mol. The number of rotatable bonds is 3. The van der Waals surface area contributed by atoms with Gasteiger partial charge in [0.05, 0.1) is 28.9 Å². The Kier molecular flexibility index (Phi) is 2.53. The van der Waals surface area contributed by atoms with Crippen molar-refractivity contribution < 1.29 is 4.42 Å². The Bertz CT molecular complexity index is 644. The Labute approximate surface area is 102 Å². The first kappa shape index (κ1) is 10.3. The van der Waals surface area contributed by atoms with E-state index in [-0.39, 0.29) is 0 Å². The van der Waals surface area contributed by atoms with Crippen molar-refractivity contribution in [2.75, 3.05) is 5.32 Å². The zero-order chi connectivity index (χ0) is 11.7. The van der Waals surface area contributed by atoms with E-state index in [4.69, 9.17) is 4.42 Å². The highest BCUT2D eigenvalue weighted by Crippen LogP contribution is 2.22. The summed E-state index contributed by atoms with van der Waals surface area (Å²) in [7, 11) is 0. The molecule has 0 aromatic carbocycles. The Morgan fingerprint density at radius 2 is 2.35 bits per heavy atom. The Hall–Kier alpha value is -1.88. The van der Waals surface area contributed by atoms with Gasteiger partial charge >= 0.3 is 0 Å². The third-order valence-corrected chi connectivity index (χ3v) is 3.31. The second-order valence-corrected chi connectivity index (χ2v) is 4.77. The van der Waals surface area contributed by atoms with Gasteiger partial charge in [0.15, 0.2) is 0 Å². The number of furan rings is 1. The van der Waals surface area contributed by atoms with Crippen molar-refractivity contribution >= 4 is 28.1 Å². The lowest BCUT2D eigenvalue weighted by Crippen LogP contribution is -2.01. The normalized spacial score (nSPS) is 10.9. The molecule has 0 amide bonds. The topological polar surface area (TPSA) is 51.0 Å². The maximum atomic E-state index is 5.32. The summed E-state index contributed by atoms with van der Waals surface area (Å²) in [6.07, 6.45) is 3.41. The fourth-order valence-corrected chi connectivity index (χ4v) is 2.31. The molecule has 0 radical (unpaired) electrons. The third-order valence-electron chi connectivity index (χ3n) is 2.48. The summed E-state index contributed by atoms with van der Waals surface area (Å²) in [5.41, 5.74) is 1.88. The number of pyridine rings is 1. The number of aryl methyl sites for hydroxylation is 1. The van der Waals surface area contributed by atoms with Gasteiger partial charge in [0.1, 0.15) is 11.4 Å². The highest BCUT2D eigenvalue weighted by atomic mass is 32.1. The summed E-state index contributed by atoms with van der Waals surface area (Å²) in [5, 5.41) is 7.41. The Morgan fingerprint density at radius 1 is 1.41 bits per heavy atom. The van der Waals surface area contributed by atoms with Gasteiger partial charge in [0, 0.05) is 11.6 Å². The summed E-state index contributed by atoms with van der Waals surface area (Å²) in [6, 6.07) is 3.77. The third kappa shape index (κ3) is 2.01. The van der Waals surface area contributed by atoms with Crippen molar-refractivity contribution in [2.24, 2.45) is 0 Å². The second-order valence-electron chi connectivity index (χ2n) is 3.70. The Balaban J connectivity index is 1.83. The van der Waals surface area contributed by atoms with E-state index in [0.29, 0.717) is 6.54 Å². The van der Waals surface area contributed by atoms with Crippen LogP contribution in [0.2, 0.25) is 0 Å². The van der Waals surface area contributed by atoms with Crippen molar-refractivity contribution in [1.82, 2.24) is 9.97 Å². The van der Waals surface area contributed by atoms with Crippen LogP contribution in [0, 0.1) is 6.92 Å². The van der Waals surface area contributed by atoms with Crippen molar-refractivity contribution in [3.8, 4) is 0 Å². The van der Waals surface area contributed by atoms with Gasteiger partial charge in [0.2, 0.25) is 0 Å². The second kappa shape index (κ2) is 4.18. The molecule has 0 saturated carbocycles. The SMILES string of the molecule is Cc1nc(CNc2nccc3occc23)cs1. The molecular formula is C12H11N3OS. The first-order valence-electron chi connectivity index (χ1n) is 5.30. The monoisotopic (exact) mass is 245 g/mol. The van der Waals surface area contributed by atoms with Crippen LogP contribution in [0.15, 0.2) is 34.4 Å². The van der Waals surface area contributed by atoms with Crippen LogP contribution in [-0.2, 0) is 6.54 Å². The number of fused-ring (bicyclic) bond motifs is 1. The van der Waals surface area contributed by atoms with Gasteiger partial charge in [-0.1, -0.05) is 0 Å². The molecule has 0 saturated heterocycles. The molecule has 1 N–H and O–H groups in total. The summed E-state index contributed by atoms with van der Waals surface area (Å²) in [6.45, 7) is 2.69. The van der Waals surface area contributed by atoms with Gasteiger partial charge in [-0.2, -0.15) is 0 Å². The molecule has 3 aromatic heterocycles. The first-order valence-corrected chi connectivity index (χ1v) is 6.18. The molecule has 0 aliphatic heterocycles. The van der Waals surface area contributed by atoms with Crippen LogP contribution in [0.4, 0.5) is 5.82 Å². The summed E-state index contributed by atoms with van der Waals surface area (Å²) in [4.78, 5) is 8.70. The van der Waals surface area contributed by atoms with E-state index >= 15 is 0 Å². The predicted octanol–water partition coefficient (Wildman–Crippen LogP) is 3.20. The van der Waals surface area contributed by atoms with Gasteiger partial charge in [0.25, 0.3) is 0 Å². The first-order chi connectivity index (χ1) is 8.33. The molecule has 0 aliphatic carbocycles. The zero-order valence-electron chi connectivity index (χ0n) is 9.30. The molecule has 3 aromatic rings. The fraction of sp³-hybridized carbons (Fsp3) is 0.167. The van der Waals surface area contributed by atoms with Gasteiger partial charge in [-0.25, -0.2) is 9.97 Å². The molecule has 86 valence electrons. The van der Waals surface area contributed by atoms with Crippen LogP contribution in [0.3, 0.4) is 0 Å². The van der Waals surface area contributed by atoms with Crippen LogP contribution in [0.1, 0.15) is 10.7 Å². The molecule has 0 bridgehead atoms. The molecular weight excluding hydrogens is 234 g/mol. The molecule has 0 fully saturated rings. The van der Waals surface area contributed by atoms with Crippen molar-refractivity contribution in [3.63, 3.8) is 0 Å². The van der Waals surface area contributed by atoms with Crippen molar-refractivity contribution in [3.05, 3.63) is 40.7 Å². The summed E-state index contributed by atoms with van der Waals surface area (Å²) >= 11 is 1.65. The lowest BCUT2D eigenvalue weighted by atomic mass is 10.3. The standard InChI is InChI=1S/C12H11N3OS/c1-8-15-9(7-17-8)6-14-12-10-3-5-16-11(10)2-4-13-12/h2-5,7H,6H2,1H3,(H,13,14). The van der Waals surface area contributed by atoms with E-state index in [1.54, 1.807) is 23.8 Å². The molecule has 0 unspecified atom stereocenters. The number of hydrogen-bond donors (Lipinski definition) is 1. The van der Waals surface area contributed by atoms with E-state index in [1.165, 1.54) is 0 Å². The van der Waals surface area contributed by atoms with Gasteiger partial charge in [-0.3, -0.25) is 0 Å². The number of aromatic nitrogens is 2. The van der Waals surface area contributed by atoms with E-state index in [9.17, 15) is 0 Å². The van der Waals surface area contributed by atoms with Gasteiger partial charge in [-0.05, 0) is 19.1 Å². The Morgan fingerprint density at radius 3 is 3.18 bits per heavy atom. The average Bonchev–Trinajstić information content (AvgIpc) is 2.94. The number of anilines is 1. The van der Waals surface area contributed by atoms with Crippen LogP contribution in [0.5, 0.6) is 0 Å². The zero-order valence-corrected chi connectivity index (χ0v) is 10.1. The molecule has 3 rings (SSSR count). The maximum Gasteiger partial charge on any atom is 0.139 e. The molecule has 4 nitrogen and oxygen atoms in total. The number of thiazole rings is 1. The largest absolute Gasteiger partial charge is 0.464 e. The lowest BCUT2D eigenvalue weighted by molar-refractivity contribution is 0.615. The highest BCUT2D eigenvalue weighted by molar-refractivity contribution is 7.09. The summed E-state index contributed by atoms with van der Waals surface area (Å²) < 4.78 is 5.32. The molecule has 17 heavy (non-hydrogen) atoms. The van der Waals surface area contributed by atoms with E-state index < -0.39 is 0 Å². The molecule has 0 spiro atoms. The predicted molar refractivity (Wildman–Crippen MR) is 68.2 cm³/mol. The van der Waals surface area contributed by atoms with E-state index in [1.807, 2.05) is 19.1 Å². The van der Waals surface area contributed by atoms with Crippen LogP contribution in [-0.4, -0.2) is 9.97 Å². The molecule has 5 heteroatoms. The number of hydrogen-bond acceptors (Lipinski definition) is 5. The van der Waals surface area contributed by atoms with Crippen LogP contribution < -0.4 is 5.32 Å². The molecule has 0 atom stereocenters. The van der Waals surface area contributed by atoms with E-state index in [2.05, 4.69) is 20.7 Å². The van der Waals surface area contributed by atoms with Crippen LogP contribution >= 0.6 is 11.3 Å². The fourth-order valence-electron chi connectivity index (χ4n) is 1.70. The van der Waals surface area contributed by atoms with Gasteiger partial charge < -0.3 is 9.73 Å². The number of nitrogens with one attached hydrogen (secondary N) is 1. The minimum absolute atomic E-state index is 0.682. The smallest absolute Gasteiger partial charge is 0.139 e. The van der Waals surface area contributed by atoms with Gasteiger partial charge in [-0.15, -0.1) is 11.3 Å². The van der Waals surface area contributed by atoms with Crippen molar-refractivity contribution in [2.45, 2.75) is 13.5 Å². The van der Waals surface area contributed by atoms with E-state index in [0.717, 1.165) is 27.5 Å². The lowest BCUT2D eigenvalue weighted by Gasteiger charge is -2.03. The maximum absolute atomic E-state index is 5.32. The molecule has 0 aliphatic rings. The highest BCUT2D eigenvalue weighted by Gasteiger charge is 2.05. The summed E-state index contributed by atoms with van der Waals surface area (Å²) in [5.74, 6) is 0.835. The quantitative estimate of drug-likeness (QED) is 0.769. The number of nitrogens with zero attached hydrogens (tertiary/aromatic N) is 2. The van der Waals surface area contributed by atoms with Crippen LogP contribution in [0.25, 0.3) is 11.0 Å². The minimum Gasteiger partial charge on any atom is -0.464 e. The molecule has 3 heterocycles.